The highest BCUT2D eigenvalue weighted by molar-refractivity contribution is 8.15. The number of hydrogen-bond donors (Lipinski definition) is 0. The lowest BCUT2D eigenvalue weighted by molar-refractivity contribution is -0.125. The number of halogens is 1. The fourth-order valence-corrected chi connectivity index (χ4v) is 4.12. The van der Waals surface area contributed by atoms with Gasteiger partial charge in [-0.05, 0) is 35.5 Å². The molecule has 0 saturated carbocycles. The Labute approximate surface area is 148 Å². The van der Waals surface area contributed by atoms with Crippen LogP contribution in [0, 0.1) is 5.82 Å². The van der Waals surface area contributed by atoms with Crippen LogP contribution in [0.25, 0.3) is 10.9 Å². The standard InChI is InChI=1S/C19H15FN2O2S/c1-21-18(23)17(25-19(21)24)15-11-22(16-5-3-2-4-14(15)16)10-12-6-8-13(20)9-7-12/h2-9,11,17H,10H2,1H3. The lowest BCUT2D eigenvalue weighted by Crippen LogP contribution is -2.24. The molecule has 6 heteroatoms. The molecule has 4 nitrogen and oxygen atoms in total. The van der Waals surface area contributed by atoms with Crippen molar-refractivity contribution in [3.05, 3.63) is 71.7 Å². The van der Waals surface area contributed by atoms with Crippen molar-refractivity contribution >= 4 is 33.8 Å². The maximum absolute atomic E-state index is 13.1. The Hall–Kier alpha value is -2.60. The van der Waals surface area contributed by atoms with Crippen molar-refractivity contribution in [2.24, 2.45) is 0 Å². The Balaban J connectivity index is 1.78. The zero-order chi connectivity index (χ0) is 17.6. The number of fused-ring (bicyclic) bond motifs is 1. The third-order valence-corrected chi connectivity index (χ3v) is 5.58. The first kappa shape index (κ1) is 15.9. The van der Waals surface area contributed by atoms with E-state index in [-0.39, 0.29) is 17.0 Å². The van der Waals surface area contributed by atoms with Crippen LogP contribution in [0.15, 0.2) is 54.7 Å². The van der Waals surface area contributed by atoms with E-state index in [0.29, 0.717) is 6.54 Å². The van der Waals surface area contributed by atoms with E-state index in [0.717, 1.165) is 33.8 Å². The molecule has 0 aliphatic carbocycles. The van der Waals surface area contributed by atoms with E-state index in [1.807, 2.05) is 35.0 Å². The normalized spacial score (nSPS) is 17.7. The van der Waals surface area contributed by atoms with E-state index in [1.165, 1.54) is 24.1 Å². The van der Waals surface area contributed by atoms with Crippen LogP contribution in [-0.4, -0.2) is 27.7 Å². The molecule has 1 aliphatic rings. The van der Waals surface area contributed by atoms with Gasteiger partial charge in [-0.25, -0.2) is 4.39 Å². The van der Waals surface area contributed by atoms with Gasteiger partial charge >= 0.3 is 0 Å². The predicted molar refractivity (Wildman–Crippen MR) is 95.9 cm³/mol. The van der Waals surface area contributed by atoms with Crippen molar-refractivity contribution < 1.29 is 14.0 Å². The molecule has 1 unspecified atom stereocenters. The highest BCUT2D eigenvalue weighted by atomic mass is 32.2. The van der Waals surface area contributed by atoms with E-state index in [1.54, 1.807) is 12.1 Å². The van der Waals surface area contributed by atoms with Gasteiger partial charge in [-0.15, -0.1) is 0 Å². The molecule has 4 rings (SSSR count). The summed E-state index contributed by atoms with van der Waals surface area (Å²) >= 11 is 1.05. The first-order valence-electron chi connectivity index (χ1n) is 7.85. The number of thioether (sulfide) groups is 1. The van der Waals surface area contributed by atoms with Gasteiger partial charge in [0.2, 0.25) is 5.91 Å². The molecule has 2 amide bonds. The summed E-state index contributed by atoms with van der Waals surface area (Å²) in [6.45, 7) is 0.566. The van der Waals surface area contributed by atoms with Crippen molar-refractivity contribution in [1.29, 1.82) is 0 Å². The summed E-state index contributed by atoms with van der Waals surface area (Å²) in [4.78, 5) is 25.4. The number of carbonyl (C=O) groups excluding carboxylic acids is 2. The summed E-state index contributed by atoms with van der Waals surface area (Å²) in [6.07, 6.45) is 1.93. The summed E-state index contributed by atoms with van der Waals surface area (Å²) in [5.41, 5.74) is 2.79. The Morgan fingerprint density at radius 2 is 1.80 bits per heavy atom. The number of carbonyl (C=O) groups is 2. The SMILES string of the molecule is CN1C(=O)SC(c2cn(Cc3ccc(F)cc3)c3ccccc23)C1=O. The molecule has 1 fully saturated rings. The molecule has 1 atom stereocenters. The van der Waals surface area contributed by atoms with Crippen molar-refractivity contribution in [3.63, 3.8) is 0 Å². The minimum Gasteiger partial charge on any atom is -0.343 e. The largest absolute Gasteiger partial charge is 0.343 e. The van der Waals surface area contributed by atoms with Gasteiger partial charge in [0, 0.05) is 36.3 Å². The number of rotatable bonds is 3. The van der Waals surface area contributed by atoms with Gasteiger partial charge in [0.25, 0.3) is 5.24 Å². The Bertz CT molecular complexity index is 981. The van der Waals surface area contributed by atoms with Crippen LogP contribution in [0.4, 0.5) is 9.18 Å². The molecule has 0 N–H and O–H groups in total. The quantitative estimate of drug-likeness (QED) is 0.708. The second-order valence-electron chi connectivity index (χ2n) is 6.02. The minimum absolute atomic E-state index is 0.195. The van der Waals surface area contributed by atoms with E-state index < -0.39 is 5.25 Å². The van der Waals surface area contributed by atoms with Crippen LogP contribution in [0.3, 0.4) is 0 Å². The molecule has 1 aliphatic heterocycles. The highest BCUT2D eigenvalue weighted by Crippen LogP contribution is 2.42. The zero-order valence-electron chi connectivity index (χ0n) is 13.5. The monoisotopic (exact) mass is 354 g/mol. The average molecular weight is 354 g/mol. The minimum atomic E-state index is -0.517. The van der Waals surface area contributed by atoms with Gasteiger partial charge in [-0.1, -0.05) is 30.3 Å². The summed E-state index contributed by atoms with van der Waals surface area (Å²) in [7, 11) is 1.51. The second-order valence-corrected chi connectivity index (χ2v) is 7.07. The topological polar surface area (TPSA) is 42.3 Å². The van der Waals surface area contributed by atoms with Gasteiger partial charge in [-0.2, -0.15) is 0 Å². The number of likely N-dealkylation sites (N-methyl/N-ethyl adjacent to an activating group) is 1. The first-order chi connectivity index (χ1) is 12.0. The third-order valence-electron chi connectivity index (χ3n) is 4.42. The molecule has 2 aromatic carbocycles. The van der Waals surface area contributed by atoms with Gasteiger partial charge in [-0.3, -0.25) is 14.5 Å². The van der Waals surface area contributed by atoms with Crippen LogP contribution in [-0.2, 0) is 11.3 Å². The van der Waals surface area contributed by atoms with Crippen LogP contribution in [0.1, 0.15) is 16.4 Å². The van der Waals surface area contributed by atoms with Crippen LogP contribution in [0.5, 0.6) is 0 Å². The van der Waals surface area contributed by atoms with Gasteiger partial charge in [0.1, 0.15) is 11.1 Å². The second kappa shape index (κ2) is 6.04. The summed E-state index contributed by atoms with van der Waals surface area (Å²) in [5, 5.41) is 0.209. The van der Waals surface area contributed by atoms with Gasteiger partial charge in [0.15, 0.2) is 0 Å². The highest BCUT2D eigenvalue weighted by Gasteiger charge is 2.39. The molecular formula is C19H15FN2O2S. The molecular weight excluding hydrogens is 339 g/mol. The zero-order valence-corrected chi connectivity index (χ0v) is 14.3. The number of para-hydroxylation sites is 1. The first-order valence-corrected chi connectivity index (χ1v) is 8.73. The van der Waals surface area contributed by atoms with Crippen molar-refractivity contribution in [3.8, 4) is 0 Å². The number of aromatic nitrogens is 1. The van der Waals surface area contributed by atoms with Crippen molar-refractivity contribution in [2.75, 3.05) is 7.05 Å². The third kappa shape index (κ3) is 2.72. The van der Waals surface area contributed by atoms with E-state index in [4.69, 9.17) is 0 Å². The van der Waals surface area contributed by atoms with Crippen LogP contribution < -0.4 is 0 Å². The molecule has 1 aromatic heterocycles. The predicted octanol–water partition coefficient (Wildman–Crippen LogP) is 4.20. The Kier molecular flexibility index (Phi) is 3.84. The van der Waals surface area contributed by atoms with Crippen molar-refractivity contribution in [1.82, 2.24) is 9.47 Å². The van der Waals surface area contributed by atoms with Gasteiger partial charge < -0.3 is 4.57 Å². The van der Waals surface area contributed by atoms with E-state index >= 15 is 0 Å². The fraction of sp³-hybridized carbons (Fsp3) is 0.158. The number of nitrogens with zero attached hydrogens (tertiary/aromatic N) is 2. The Morgan fingerprint density at radius 1 is 1.08 bits per heavy atom. The molecule has 0 spiro atoms. The lowest BCUT2D eigenvalue weighted by Gasteiger charge is -2.06. The van der Waals surface area contributed by atoms with Crippen LogP contribution in [0.2, 0.25) is 0 Å². The van der Waals surface area contributed by atoms with Gasteiger partial charge in [0.05, 0.1) is 0 Å². The number of imide groups is 1. The average Bonchev–Trinajstić information content (AvgIpc) is 3.10. The van der Waals surface area contributed by atoms with Crippen LogP contribution >= 0.6 is 11.8 Å². The smallest absolute Gasteiger partial charge is 0.289 e. The molecule has 0 radical (unpaired) electrons. The molecule has 0 bridgehead atoms. The summed E-state index contributed by atoms with van der Waals surface area (Å²) in [6, 6.07) is 14.2. The van der Waals surface area contributed by atoms with E-state index in [2.05, 4.69) is 0 Å². The molecule has 126 valence electrons. The summed E-state index contributed by atoms with van der Waals surface area (Å²) < 4.78 is 15.2. The maximum atomic E-state index is 13.1. The number of hydrogen-bond acceptors (Lipinski definition) is 3. The fourth-order valence-electron chi connectivity index (χ4n) is 3.09. The molecule has 3 aromatic rings. The summed E-state index contributed by atoms with van der Waals surface area (Å²) in [5.74, 6) is -0.462. The Morgan fingerprint density at radius 3 is 2.48 bits per heavy atom. The van der Waals surface area contributed by atoms with E-state index in [9.17, 15) is 14.0 Å². The molecule has 2 heterocycles. The molecule has 25 heavy (non-hydrogen) atoms. The van der Waals surface area contributed by atoms with Crippen molar-refractivity contribution in [2.45, 2.75) is 11.8 Å². The lowest BCUT2D eigenvalue weighted by atomic mass is 10.1. The maximum Gasteiger partial charge on any atom is 0.289 e. The number of benzene rings is 2. The molecule has 1 saturated heterocycles. The number of amides is 2.